The van der Waals surface area contributed by atoms with Crippen LogP contribution in [0.1, 0.15) is 50.3 Å². The molecule has 2 atom stereocenters. The van der Waals surface area contributed by atoms with Crippen LogP contribution in [0.15, 0.2) is 18.2 Å². The van der Waals surface area contributed by atoms with E-state index in [9.17, 15) is 0 Å². The fraction of sp³-hybridized carbons (Fsp3) is 0.625. The van der Waals surface area contributed by atoms with E-state index in [-0.39, 0.29) is 17.7 Å². The summed E-state index contributed by atoms with van der Waals surface area (Å²) in [7, 11) is 0. The van der Waals surface area contributed by atoms with E-state index >= 15 is 0 Å². The van der Waals surface area contributed by atoms with Gasteiger partial charge in [-0.2, -0.15) is 0 Å². The molecule has 1 fully saturated rings. The Bertz CT molecular complexity index is 470. The molecule has 0 aromatic heterocycles. The Labute approximate surface area is 115 Å². The molecule has 2 aliphatic rings. The standard InChI is InChI=1S/C16H23NO2/c1-16(2)8-7-13(19-16)10-18-12-4-5-14-11(9-12)3-6-15(14)17/h4-5,9,13,15H,3,6-8,10,17H2,1-2H3/t13?,15-/m0/s1. The summed E-state index contributed by atoms with van der Waals surface area (Å²) in [4.78, 5) is 0. The summed E-state index contributed by atoms with van der Waals surface area (Å²) in [5.74, 6) is 0.946. The first kappa shape index (κ1) is 12.9. The predicted octanol–water partition coefficient (Wildman–Crippen LogP) is 2.97. The van der Waals surface area contributed by atoms with Gasteiger partial charge in [-0.3, -0.25) is 0 Å². The highest BCUT2D eigenvalue weighted by molar-refractivity contribution is 5.40. The first-order valence-corrected chi connectivity index (χ1v) is 7.22. The molecule has 0 bridgehead atoms. The molecule has 0 radical (unpaired) electrons. The molecular weight excluding hydrogens is 238 g/mol. The number of benzene rings is 1. The minimum Gasteiger partial charge on any atom is -0.491 e. The van der Waals surface area contributed by atoms with Gasteiger partial charge in [0.25, 0.3) is 0 Å². The van der Waals surface area contributed by atoms with Crippen molar-refractivity contribution in [2.45, 2.75) is 57.3 Å². The lowest BCUT2D eigenvalue weighted by molar-refractivity contribution is -0.0326. The number of rotatable bonds is 3. The van der Waals surface area contributed by atoms with E-state index in [1.165, 1.54) is 11.1 Å². The average molecular weight is 261 g/mol. The lowest BCUT2D eigenvalue weighted by Crippen LogP contribution is -2.23. The van der Waals surface area contributed by atoms with Crippen molar-refractivity contribution < 1.29 is 9.47 Å². The summed E-state index contributed by atoms with van der Waals surface area (Å²) in [5, 5.41) is 0. The van der Waals surface area contributed by atoms with Crippen LogP contribution < -0.4 is 10.5 Å². The molecule has 0 amide bonds. The van der Waals surface area contributed by atoms with Crippen molar-refractivity contribution in [3.63, 3.8) is 0 Å². The third-order valence-corrected chi connectivity index (χ3v) is 4.23. The van der Waals surface area contributed by atoms with E-state index in [0.717, 1.165) is 31.4 Å². The molecule has 104 valence electrons. The molecule has 1 saturated heterocycles. The van der Waals surface area contributed by atoms with Gasteiger partial charge >= 0.3 is 0 Å². The van der Waals surface area contributed by atoms with Crippen molar-refractivity contribution in [3.05, 3.63) is 29.3 Å². The highest BCUT2D eigenvalue weighted by atomic mass is 16.6. The van der Waals surface area contributed by atoms with Gasteiger partial charge in [-0.25, -0.2) is 0 Å². The zero-order valence-corrected chi connectivity index (χ0v) is 11.8. The van der Waals surface area contributed by atoms with Crippen LogP contribution in [0.25, 0.3) is 0 Å². The van der Waals surface area contributed by atoms with Gasteiger partial charge in [0.2, 0.25) is 0 Å². The molecule has 0 spiro atoms. The molecule has 1 heterocycles. The van der Waals surface area contributed by atoms with Crippen LogP contribution in [-0.4, -0.2) is 18.3 Å². The Morgan fingerprint density at radius 1 is 1.37 bits per heavy atom. The topological polar surface area (TPSA) is 44.5 Å². The van der Waals surface area contributed by atoms with Gasteiger partial charge in [-0.15, -0.1) is 0 Å². The maximum atomic E-state index is 6.04. The van der Waals surface area contributed by atoms with E-state index < -0.39 is 0 Å². The smallest absolute Gasteiger partial charge is 0.119 e. The Morgan fingerprint density at radius 3 is 2.95 bits per heavy atom. The van der Waals surface area contributed by atoms with Crippen molar-refractivity contribution >= 4 is 0 Å². The highest BCUT2D eigenvalue weighted by Crippen LogP contribution is 2.33. The molecule has 3 rings (SSSR count). The fourth-order valence-electron chi connectivity index (χ4n) is 3.10. The molecule has 1 aliphatic carbocycles. The highest BCUT2D eigenvalue weighted by Gasteiger charge is 2.32. The molecular formula is C16H23NO2. The SMILES string of the molecule is CC1(C)CCC(COc2ccc3c(c2)CC[C@@H]3N)O1. The van der Waals surface area contributed by atoms with E-state index in [0.29, 0.717) is 6.61 Å². The van der Waals surface area contributed by atoms with Gasteiger partial charge in [0.1, 0.15) is 12.4 Å². The van der Waals surface area contributed by atoms with Crippen molar-refractivity contribution in [1.82, 2.24) is 0 Å². The van der Waals surface area contributed by atoms with Crippen LogP contribution >= 0.6 is 0 Å². The molecule has 3 heteroatoms. The second-order valence-electron chi connectivity index (χ2n) is 6.36. The second kappa shape index (κ2) is 4.80. The van der Waals surface area contributed by atoms with E-state index in [4.69, 9.17) is 15.2 Å². The number of fused-ring (bicyclic) bond motifs is 1. The maximum absolute atomic E-state index is 6.04. The molecule has 1 aliphatic heterocycles. The lowest BCUT2D eigenvalue weighted by atomic mass is 10.1. The van der Waals surface area contributed by atoms with Crippen LogP contribution in [0.3, 0.4) is 0 Å². The first-order valence-electron chi connectivity index (χ1n) is 7.22. The largest absolute Gasteiger partial charge is 0.491 e. The average Bonchev–Trinajstić information content (AvgIpc) is 2.90. The summed E-state index contributed by atoms with van der Waals surface area (Å²) in [6.45, 7) is 4.93. The summed E-state index contributed by atoms with van der Waals surface area (Å²) in [6, 6.07) is 6.50. The van der Waals surface area contributed by atoms with Gasteiger partial charge in [-0.05, 0) is 62.8 Å². The van der Waals surface area contributed by atoms with Crippen LogP contribution in [0.5, 0.6) is 5.75 Å². The number of hydrogen-bond acceptors (Lipinski definition) is 3. The van der Waals surface area contributed by atoms with Crippen LogP contribution in [0.4, 0.5) is 0 Å². The van der Waals surface area contributed by atoms with Crippen LogP contribution in [0, 0.1) is 0 Å². The predicted molar refractivity (Wildman–Crippen MR) is 75.4 cm³/mol. The van der Waals surface area contributed by atoms with Crippen LogP contribution in [-0.2, 0) is 11.2 Å². The molecule has 19 heavy (non-hydrogen) atoms. The van der Waals surface area contributed by atoms with E-state index in [1.807, 2.05) is 6.07 Å². The maximum Gasteiger partial charge on any atom is 0.119 e. The summed E-state index contributed by atoms with van der Waals surface area (Å²) in [6.07, 6.45) is 4.55. The van der Waals surface area contributed by atoms with Gasteiger partial charge in [0.15, 0.2) is 0 Å². The minimum atomic E-state index is 0.0126. The fourth-order valence-corrected chi connectivity index (χ4v) is 3.10. The molecule has 2 N–H and O–H groups in total. The van der Waals surface area contributed by atoms with Crippen molar-refractivity contribution in [3.8, 4) is 5.75 Å². The minimum absolute atomic E-state index is 0.0126. The Kier molecular flexibility index (Phi) is 3.27. The molecule has 1 aromatic rings. The number of aryl methyl sites for hydroxylation is 1. The number of ether oxygens (including phenoxy) is 2. The molecule has 3 nitrogen and oxygen atoms in total. The zero-order valence-electron chi connectivity index (χ0n) is 11.8. The summed E-state index contributed by atoms with van der Waals surface area (Å²) < 4.78 is 11.8. The van der Waals surface area contributed by atoms with Crippen molar-refractivity contribution in [2.24, 2.45) is 5.73 Å². The Hall–Kier alpha value is -1.06. The zero-order chi connectivity index (χ0) is 13.5. The number of hydrogen-bond donors (Lipinski definition) is 1. The lowest BCUT2D eigenvalue weighted by Gasteiger charge is -2.19. The van der Waals surface area contributed by atoms with Gasteiger partial charge < -0.3 is 15.2 Å². The van der Waals surface area contributed by atoms with Crippen molar-refractivity contribution in [2.75, 3.05) is 6.61 Å². The monoisotopic (exact) mass is 261 g/mol. The normalized spacial score (nSPS) is 28.4. The van der Waals surface area contributed by atoms with Gasteiger partial charge in [-0.1, -0.05) is 6.07 Å². The van der Waals surface area contributed by atoms with Crippen molar-refractivity contribution in [1.29, 1.82) is 0 Å². The Morgan fingerprint density at radius 2 is 2.21 bits per heavy atom. The molecule has 0 saturated carbocycles. The summed E-state index contributed by atoms with van der Waals surface area (Å²) in [5.41, 5.74) is 8.68. The quantitative estimate of drug-likeness (QED) is 0.909. The second-order valence-corrected chi connectivity index (χ2v) is 6.36. The van der Waals surface area contributed by atoms with Crippen LogP contribution in [0.2, 0.25) is 0 Å². The summed E-state index contributed by atoms with van der Waals surface area (Å²) >= 11 is 0. The first-order chi connectivity index (χ1) is 9.03. The van der Waals surface area contributed by atoms with E-state index in [2.05, 4.69) is 26.0 Å². The van der Waals surface area contributed by atoms with E-state index in [1.54, 1.807) is 0 Å². The molecule has 1 unspecified atom stereocenters. The van der Waals surface area contributed by atoms with Gasteiger partial charge in [0.05, 0.1) is 11.7 Å². The third kappa shape index (κ3) is 2.77. The molecule has 1 aromatic carbocycles. The number of nitrogens with two attached hydrogens (primary N) is 1. The Balaban J connectivity index is 1.59. The third-order valence-electron chi connectivity index (χ3n) is 4.23. The van der Waals surface area contributed by atoms with Gasteiger partial charge in [0, 0.05) is 6.04 Å².